The molecular formula is C8H6BrClN2S2. The van der Waals surface area contributed by atoms with E-state index in [9.17, 15) is 0 Å². The van der Waals surface area contributed by atoms with Crippen LogP contribution in [0.3, 0.4) is 0 Å². The molecule has 2 aromatic heterocycles. The highest BCUT2D eigenvalue weighted by Gasteiger charge is 2.00. The van der Waals surface area contributed by atoms with Gasteiger partial charge >= 0.3 is 0 Å². The molecule has 0 amide bonds. The maximum Gasteiger partial charge on any atom is 0.185 e. The summed E-state index contributed by atoms with van der Waals surface area (Å²) in [5.74, 6) is 0.838. The lowest BCUT2D eigenvalue weighted by Gasteiger charge is -1.98. The van der Waals surface area contributed by atoms with E-state index in [0.717, 1.165) is 16.8 Å². The predicted molar refractivity (Wildman–Crippen MR) is 66.5 cm³/mol. The summed E-state index contributed by atoms with van der Waals surface area (Å²) in [6.45, 7) is 0.788. The number of thiophene rings is 1. The van der Waals surface area contributed by atoms with Crippen LogP contribution in [-0.2, 0) is 6.54 Å². The van der Waals surface area contributed by atoms with Crippen LogP contribution in [0.25, 0.3) is 0 Å². The van der Waals surface area contributed by atoms with Crippen LogP contribution in [0.1, 0.15) is 4.88 Å². The quantitative estimate of drug-likeness (QED) is 0.917. The van der Waals surface area contributed by atoms with E-state index in [4.69, 9.17) is 11.6 Å². The van der Waals surface area contributed by atoms with Gasteiger partial charge in [0.05, 0.1) is 6.54 Å². The minimum Gasteiger partial charge on any atom is -0.364 e. The molecule has 6 heteroatoms. The average Bonchev–Trinajstić information content (AvgIpc) is 2.72. The minimum atomic E-state index is 0.569. The lowest BCUT2D eigenvalue weighted by molar-refractivity contribution is 1.16. The van der Waals surface area contributed by atoms with Gasteiger partial charge < -0.3 is 5.32 Å². The van der Waals surface area contributed by atoms with E-state index >= 15 is 0 Å². The first-order chi connectivity index (χ1) is 6.74. The standard InChI is InChI=1S/C8H6BrClN2S2/c9-5-1-6(13-3-5)2-11-7-4-14-8(10)12-7/h1,3-4,11H,2H2. The summed E-state index contributed by atoms with van der Waals surface area (Å²) >= 11 is 12.3. The molecule has 14 heavy (non-hydrogen) atoms. The Morgan fingerprint density at radius 2 is 2.29 bits per heavy atom. The molecule has 0 radical (unpaired) electrons. The van der Waals surface area contributed by atoms with Gasteiger partial charge in [0, 0.05) is 20.1 Å². The molecule has 0 aliphatic carbocycles. The first-order valence-electron chi connectivity index (χ1n) is 3.82. The molecule has 0 saturated heterocycles. The van der Waals surface area contributed by atoms with Gasteiger partial charge in [-0.3, -0.25) is 0 Å². The fourth-order valence-corrected chi connectivity index (χ4v) is 3.07. The summed E-state index contributed by atoms with van der Waals surface area (Å²) in [7, 11) is 0. The zero-order valence-electron chi connectivity index (χ0n) is 6.96. The molecule has 74 valence electrons. The van der Waals surface area contributed by atoms with Crippen LogP contribution in [0.2, 0.25) is 4.47 Å². The lowest BCUT2D eigenvalue weighted by Crippen LogP contribution is -1.96. The van der Waals surface area contributed by atoms with Gasteiger partial charge in [0.1, 0.15) is 5.82 Å². The molecule has 0 aliphatic rings. The Morgan fingerprint density at radius 3 is 2.86 bits per heavy atom. The highest BCUT2D eigenvalue weighted by molar-refractivity contribution is 9.10. The predicted octanol–water partition coefficient (Wildman–Crippen LogP) is 4.23. The minimum absolute atomic E-state index is 0.569. The molecule has 1 N–H and O–H groups in total. The van der Waals surface area contributed by atoms with Gasteiger partial charge in [-0.15, -0.1) is 22.7 Å². The second-order valence-electron chi connectivity index (χ2n) is 2.57. The number of nitrogens with one attached hydrogen (secondary N) is 1. The van der Waals surface area contributed by atoms with E-state index in [0.29, 0.717) is 4.47 Å². The van der Waals surface area contributed by atoms with Crippen LogP contribution in [0.5, 0.6) is 0 Å². The number of nitrogens with zero attached hydrogens (tertiary/aromatic N) is 1. The Balaban J connectivity index is 1.94. The van der Waals surface area contributed by atoms with Crippen LogP contribution in [0, 0.1) is 0 Å². The Hall–Kier alpha value is -0.100. The van der Waals surface area contributed by atoms with Crippen molar-refractivity contribution in [2.45, 2.75) is 6.54 Å². The summed E-state index contributed by atoms with van der Waals surface area (Å²) in [5.41, 5.74) is 0. The zero-order chi connectivity index (χ0) is 9.97. The van der Waals surface area contributed by atoms with E-state index in [2.05, 4.69) is 37.7 Å². The zero-order valence-corrected chi connectivity index (χ0v) is 10.9. The molecule has 0 bridgehead atoms. The van der Waals surface area contributed by atoms with Gasteiger partial charge in [0.25, 0.3) is 0 Å². The largest absolute Gasteiger partial charge is 0.364 e. The van der Waals surface area contributed by atoms with Gasteiger partial charge in [-0.25, -0.2) is 4.98 Å². The second kappa shape index (κ2) is 4.61. The van der Waals surface area contributed by atoms with Crippen LogP contribution < -0.4 is 5.32 Å². The van der Waals surface area contributed by atoms with E-state index in [-0.39, 0.29) is 0 Å². The van der Waals surface area contributed by atoms with Crippen molar-refractivity contribution in [2.24, 2.45) is 0 Å². The molecule has 2 heterocycles. The molecular weight excluding hydrogens is 304 g/mol. The molecule has 2 aromatic rings. The van der Waals surface area contributed by atoms with Crippen molar-refractivity contribution in [2.75, 3.05) is 5.32 Å². The molecule has 0 unspecified atom stereocenters. The highest BCUT2D eigenvalue weighted by atomic mass is 79.9. The SMILES string of the molecule is Clc1nc(NCc2cc(Br)cs2)cs1. The average molecular weight is 310 g/mol. The van der Waals surface area contributed by atoms with E-state index in [1.54, 1.807) is 11.3 Å². The van der Waals surface area contributed by atoms with Crippen LogP contribution in [0.4, 0.5) is 5.82 Å². The summed E-state index contributed by atoms with van der Waals surface area (Å²) in [5, 5.41) is 7.17. The smallest absolute Gasteiger partial charge is 0.185 e. The van der Waals surface area contributed by atoms with Gasteiger partial charge in [-0.05, 0) is 22.0 Å². The first kappa shape index (κ1) is 10.4. The molecule has 2 rings (SSSR count). The highest BCUT2D eigenvalue weighted by Crippen LogP contribution is 2.22. The third-order valence-corrected chi connectivity index (χ3v) is 4.22. The topological polar surface area (TPSA) is 24.9 Å². The summed E-state index contributed by atoms with van der Waals surface area (Å²) in [6.07, 6.45) is 0. The van der Waals surface area contributed by atoms with Crippen LogP contribution >= 0.6 is 50.2 Å². The number of thiazole rings is 1. The number of anilines is 1. The van der Waals surface area contributed by atoms with Gasteiger partial charge in [-0.2, -0.15) is 0 Å². The van der Waals surface area contributed by atoms with Gasteiger partial charge in [0.15, 0.2) is 4.47 Å². The van der Waals surface area contributed by atoms with Gasteiger partial charge in [0.2, 0.25) is 0 Å². The Morgan fingerprint density at radius 1 is 1.43 bits per heavy atom. The molecule has 2 nitrogen and oxygen atoms in total. The molecule has 0 fully saturated rings. The van der Waals surface area contributed by atoms with E-state index in [1.807, 2.05) is 5.38 Å². The monoisotopic (exact) mass is 308 g/mol. The third kappa shape index (κ3) is 2.70. The van der Waals surface area contributed by atoms with Crippen molar-refractivity contribution in [1.29, 1.82) is 0 Å². The molecule has 0 saturated carbocycles. The van der Waals surface area contributed by atoms with Crippen molar-refractivity contribution >= 4 is 56.0 Å². The molecule has 0 atom stereocenters. The van der Waals surface area contributed by atoms with Crippen molar-refractivity contribution in [3.63, 3.8) is 0 Å². The third-order valence-electron chi connectivity index (χ3n) is 1.54. The fraction of sp³-hybridized carbons (Fsp3) is 0.125. The maximum absolute atomic E-state index is 5.71. The molecule has 0 aromatic carbocycles. The van der Waals surface area contributed by atoms with Crippen LogP contribution in [-0.4, -0.2) is 4.98 Å². The van der Waals surface area contributed by atoms with Crippen molar-refractivity contribution in [3.8, 4) is 0 Å². The van der Waals surface area contributed by atoms with Gasteiger partial charge in [-0.1, -0.05) is 11.6 Å². The second-order valence-corrected chi connectivity index (χ2v) is 5.92. The normalized spacial score (nSPS) is 10.4. The lowest BCUT2D eigenvalue weighted by atomic mass is 10.4. The number of aromatic nitrogens is 1. The number of rotatable bonds is 3. The first-order valence-corrected chi connectivity index (χ1v) is 6.75. The molecule has 0 spiro atoms. The fourth-order valence-electron chi connectivity index (χ4n) is 0.957. The Labute approximate surface area is 103 Å². The number of hydrogen-bond donors (Lipinski definition) is 1. The van der Waals surface area contributed by atoms with E-state index in [1.165, 1.54) is 16.2 Å². The number of halogens is 2. The van der Waals surface area contributed by atoms with E-state index < -0.39 is 0 Å². The van der Waals surface area contributed by atoms with Crippen LogP contribution in [0.15, 0.2) is 21.3 Å². The summed E-state index contributed by atoms with van der Waals surface area (Å²) in [6, 6.07) is 2.09. The maximum atomic E-state index is 5.71. The number of hydrogen-bond acceptors (Lipinski definition) is 4. The van der Waals surface area contributed by atoms with Crippen molar-refractivity contribution in [1.82, 2.24) is 4.98 Å². The molecule has 0 aliphatic heterocycles. The summed E-state index contributed by atoms with van der Waals surface area (Å²) < 4.78 is 1.69. The van der Waals surface area contributed by atoms with Crippen molar-refractivity contribution in [3.05, 3.63) is 30.6 Å². The Bertz CT molecular complexity index is 386. The summed E-state index contributed by atoms with van der Waals surface area (Å²) in [4.78, 5) is 5.36. The van der Waals surface area contributed by atoms with Crippen molar-refractivity contribution < 1.29 is 0 Å². The Kier molecular flexibility index (Phi) is 3.43.